The van der Waals surface area contributed by atoms with Gasteiger partial charge >= 0.3 is 11.8 Å². The number of rotatable bonds is 7. The van der Waals surface area contributed by atoms with Gasteiger partial charge in [-0.3, -0.25) is 14.4 Å². The summed E-state index contributed by atoms with van der Waals surface area (Å²) >= 11 is 0. The fourth-order valence-electron chi connectivity index (χ4n) is 2.38. The Morgan fingerprint density at radius 2 is 1.68 bits per heavy atom. The molecule has 7 nitrogen and oxygen atoms in total. The summed E-state index contributed by atoms with van der Waals surface area (Å²) in [5, 5.41) is 7.90. The molecule has 2 aromatic carbocycles. The highest BCUT2D eigenvalue weighted by molar-refractivity contribution is 6.40. The number of hydrogen-bond acceptors (Lipinski definition) is 4. The van der Waals surface area contributed by atoms with E-state index in [1.165, 1.54) is 0 Å². The molecular weight excluding hydrogens is 358 g/mol. The van der Waals surface area contributed by atoms with E-state index in [2.05, 4.69) is 16.0 Å². The molecule has 0 fully saturated rings. The first-order valence-corrected chi connectivity index (χ1v) is 9.06. The van der Waals surface area contributed by atoms with Gasteiger partial charge in [-0.1, -0.05) is 31.2 Å². The minimum atomic E-state index is -0.810. The molecule has 0 saturated carbocycles. The standard InChI is InChI=1S/C21H25N3O4/c1-4-14(2)23-20(26)21(27)24-18-8-6-5-7-17(18)19(25)22-13-15-9-11-16(28-3)12-10-15/h5-12,14H,4,13H2,1-3H3,(H,22,25)(H,23,26)(H,24,27)/t14-/m1/s1. The lowest BCUT2D eigenvalue weighted by Crippen LogP contribution is -2.40. The van der Waals surface area contributed by atoms with Crippen LogP contribution in [0.4, 0.5) is 5.69 Å². The molecule has 0 bridgehead atoms. The van der Waals surface area contributed by atoms with Crippen LogP contribution in [-0.4, -0.2) is 30.9 Å². The van der Waals surface area contributed by atoms with Gasteiger partial charge < -0.3 is 20.7 Å². The topological polar surface area (TPSA) is 96.5 Å². The Hall–Kier alpha value is -3.35. The van der Waals surface area contributed by atoms with Crippen molar-refractivity contribution in [2.24, 2.45) is 0 Å². The smallest absolute Gasteiger partial charge is 0.313 e. The van der Waals surface area contributed by atoms with E-state index in [-0.39, 0.29) is 23.2 Å². The highest BCUT2D eigenvalue weighted by Gasteiger charge is 2.18. The number of nitrogens with one attached hydrogen (secondary N) is 3. The molecule has 0 heterocycles. The van der Waals surface area contributed by atoms with E-state index >= 15 is 0 Å². The second-order valence-corrected chi connectivity index (χ2v) is 6.31. The SMILES string of the molecule is CC[C@@H](C)NC(=O)C(=O)Nc1ccccc1C(=O)NCc1ccc(OC)cc1. The first-order chi connectivity index (χ1) is 13.4. The molecule has 0 unspecified atom stereocenters. The normalized spacial score (nSPS) is 11.2. The van der Waals surface area contributed by atoms with Gasteiger partial charge in [-0.05, 0) is 43.2 Å². The van der Waals surface area contributed by atoms with Crippen LogP contribution in [-0.2, 0) is 16.1 Å². The van der Waals surface area contributed by atoms with Crippen molar-refractivity contribution in [1.82, 2.24) is 10.6 Å². The molecule has 2 rings (SSSR count). The van der Waals surface area contributed by atoms with Gasteiger partial charge in [0.25, 0.3) is 5.91 Å². The van der Waals surface area contributed by atoms with Crippen LogP contribution >= 0.6 is 0 Å². The molecule has 3 N–H and O–H groups in total. The Labute approximate surface area is 164 Å². The number of hydrogen-bond donors (Lipinski definition) is 3. The van der Waals surface area contributed by atoms with Crippen LogP contribution in [0.1, 0.15) is 36.2 Å². The Morgan fingerprint density at radius 3 is 2.32 bits per heavy atom. The van der Waals surface area contributed by atoms with Crippen molar-refractivity contribution in [2.75, 3.05) is 12.4 Å². The number of methoxy groups -OCH3 is 1. The van der Waals surface area contributed by atoms with Crippen LogP contribution in [0, 0.1) is 0 Å². The van der Waals surface area contributed by atoms with Crippen LogP contribution < -0.4 is 20.7 Å². The van der Waals surface area contributed by atoms with Crippen molar-refractivity contribution in [1.29, 1.82) is 0 Å². The monoisotopic (exact) mass is 383 g/mol. The molecule has 0 aliphatic heterocycles. The summed E-state index contributed by atoms with van der Waals surface area (Å²) < 4.78 is 5.11. The zero-order valence-electron chi connectivity index (χ0n) is 16.2. The third kappa shape index (κ3) is 5.84. The Morgan fingerprint density at radius 1 is 1.00 bits per heavy atom. The van der Waals surface area contributed by atoms with Crippen LogP contribution in [0.15, 0.2) is 48.5 Å². The molecule has 0 saturated heterocycles. The van der Waals surface area contributed by atoms with Crippen LogP contribution in [0.25, 0.3) is 0 Å². The van der Waals surface area contributed by atoms with Gasteiger partial charge in [-0.25, -0.2) is 0 Å². The maximum Gasteiger partial charge on any atom is 0.313 e. The quantitative estimate of drug-likeness (QED) is 0.640. The second-order valence-electron chi connectivity index (χ2n) is 6.31. The average molecular weight is 383 g/mol. The zero-order valence-corrected chi connectivity index (χ0v) is 16.2. The fourth-order valence-corrected chi connectivity index (χ4v) is 2.38. The number of para-hydroxylation sites is 1. The maximum absolute atomic E-state index is 12.5. The van der Waals surface area contributed by atoms with Crippen molar-refractivity contribution in [3.8, 4) is 5.75 Å². The molecule has 28 heavy (non-hydrogen) atoms. The van der Waals surface area contributed by atoms with Crippen molar-refractivity contribution in [2.45, 2.75) is 32.9 Å². The molecule has 2 aromatic rings. The van der Waals surface area contributed by atoms with Crippen molar-refractivity contribution < 1.29 is 19.1 Å². The van der Waals surface area contributed by atoms with Crippen molar-refractivity contribution in [3.63, 3.8) is 0 Å². The van der Waals surface area contributed by atoms with E-state index in [1.807, 2.05) is 38.1 Å². The lowest BCUT2D eigenvalue weighted by atomic mass is 10.1. The predicted octanol–water partition coefficient (Wildman–Crippen LogP) is 2.48. The summed E-state index contributed by atoms with van der Waals surface area (Å²) in [6.45, 7) is 4.04. The summed E-state index contributed by atoms with van der Waals surface area (Å²) in [5.41, 5.74) is 1.46. The first kappa shape index (κ1) is 21.0. The highest BCUT2D eigenvalue weighted by Crippen LogP contribution is 2.16. The lowest BCUT2D eigenvalue weighted by molar-refractivity contribution is -0.136. The van der Waals surface area contributed by atoms with Gasteiger partial charge in [0.05, 0.1) is 18.4 Å². The summed E-state index contributed by atoms with van der Waals surface area (Å²) in [6, 6.07) is 13.8. The number of carbonyl (C=O) groups excluding carboxylic acids is 3. The average Bonchev–Trinajstić information content (AvgIpc) is 2.72. The molecular formula is C21H25N3O4. The fraction of sp³-hybridized carbons (Fsp3) is 0.286. The summed E-state index contributed by atoms with van der Waals surface area (Å²) in [5.74, 6) is -1.16. The molecule has 0 spiro atoms. The predicted molar refractivity (Wildman–Crippen MR) is 107 cm³/mol. The Kier molecular flexibility index (Phi) is 7.56. The molecule has 0 aliphatic rings. The molecule has 0 aromatic heterocycles. The van der Waals surface area contributed by atoms with Crippen LogP contribution in [0.3, 0.4) is 0 Å². The van der Waals surface area contributed by atoms with Crippen molar-refractivity contribution >= 4 is 23.4 Å². The first-order valence-electron chi connectivity index (χ1n) is 9.06. The zero-order chi connectivity index (χ0) is 20.5. The van der Waals surface area contributed by atoms with Gasteiger partial charge in [0.15, 0.2) is 0 Å². The van der Waals surface area contributed by atoms with E-state index in [0.717, 1.165) is 11.3 Å². The molecule has 7 heteroatoms. The number of ether oxygens (including phenoxy) is 1. The molecule has 148 valence electrons. The Bertz CT molecular complexity index is 834. The minimum absolute atomic E-state index is 0.110. The number of carbonyl (C=O) groups is 3. The van der Waals surface area contributed by atoms with Gasteiger partial charge in [0.1, 0.15) is 5.75 Å². The van der Waals surface area contributed by atoms with E-state index in [1.54, 1.807) is 31.4 Å². The van der Waals surface area contributed by atoms with Gasteiger partial charge in [0.2, 0.25) is 0 Å². The van der Waals surface area contributed by atoms with Gasteiger partial charge in [0, 0.05) is 12.6 Å². The Balaban J connectivity index is 2.02. The van der Waals surface area contributed by atoms with E-state index < -0.39 is 11.8 Å². The summed E-state index contributed by atoms with van der Waals surface area (Å²) in [4.78, 5) is 36.6. The second kappa shape index (κ2) is 10.1. The van der Waals surface area contributed by atoms with Gasteiger partial charge in [-0.15, -0.1) is 0 Å². The molecule has 0 aliphatic carbocycles. The number of benzene rings is 2. The molecule has 3 amide bonds. The van der Waals surface area contributed by atoms with Crippen LogP contribution in [0.5, 0.6) is 5.75 Å². The summed E-state index contributed by atoms with van der Waals surface area (Å²) in [6.07, 6.45) is 0.712. The summed E-state index contributed by atoms with van der Waals surface area (Å²) in [7, 11) is 1.59. The number of amides is 3. The largest absolute Gasteiger partial charge is 0.497 e. The number of anilines is 1. The van der Waals surface area contributed by atoms with Crippen LogP contribution in [0.2, 0.25) is 0 Å². The molecule has 1 atom stereocenters. The van der Waals surface area contributed by atoms with E-state index in [9.17, 15) is 14.4 Å². The minimum Gasteiger partial charge on any atom is -0.497 e. The third-order valence-electron chi connectivity index (χ3n) is 4.23. The van der Waals surface area contributed by atoms with Gasteiger partial charge in [-0.2, -0.15) is 0 Å². The highest BCUT2D eigenvalue weighted by atomic mass is 16.5. The van der Waals surface area contributed by atoms with E-state index in [0.29, 0.717) is 13.0 Å². The molecule has 0 radical (unpaired) electrons. The lowest BCUT2D eigenvalue weighted by Gasteiger charge is -2.13. The maximum atomic E-state index is 12.5. The van der Waals surface area contributed by atoms with E-state index in [4.69, 9.17) is 4.74 Å². The third-order valence-corrected chi connectivity index (χ3v) is 4.23. The van der Waals surface area contributed by atoms with Crippen molar-refractivity contribution in [3.05, 3.63) is 59.7 Å².